The van der Waals surface area contributed by atoms with Crippen LogP contribution >= 0.6 is 0 Å². The SMILES string of the molecule is CC(C)c1nc(C=CC=Cc2ccc(F)cc2)ncc1C(=O)O. The summed E-state index contributed by atoms with van der Waals surface area (Å²) in [5, 5.41) is 9.13. The van der Waals surface area contributed by atoms with Crippen LogP contribution in [0.4, 0.5) is 4.39 Å². The Morgan fingerprint density at radius 2 is 1.83 bits per heavy atom. The van der Waals surface area contributed by atoms with Crippen LogP contribution in [0, 0.1) is 5.82 Å². The van der Waals surface area contributed by atoms with E-state index in [1.54, 1.807) is 30.4 Å². The zero-order chi connectivity index (χ0) is 16.8. The van der Waals surface area contributed by atoms with Gasteiger partial charge < -0.3 is 5.11 Å². The molecule has 0 saturated heterocycles. The summed E-state index contributed by atoms with van der Waals surface area (Å²) in [7, 11) is 0. The summed E-state index contributed by atoms with van der Waals surface area (Å²) >= 11 is 0. The highest BCUT2D eigenvalue weighted by Crippen LogP contribution is 2.17. The van der Waals surface area contributed by atoms with Crippen LogP contribution in [0.2, 0.25) is 0 Å². The predicted octanol–water partition coefficient (Wildman–Crippen LogP) is 4.16. The Labute approximate surface area is 134 Å². The second kappa shape index (κ2) is 7.45. The highest BCUT2D eigenvalue weighted by molar-refractivity contribution is 5.88. The van der Waals surface area contributed by atoms with Gasteiger partial charge in [0.25, 0.3) is 0 Å². The van der Waals surface area contributed by atoms with Crippen molar-refractivity contribution in [1.29, 1.82) is 0 Å². The third-order valence-electron chi connectivity index (χ3n) is 3.13. The van der Waals surface area contributed by atoms with E-state index < -0.39 is 5.97 Å². The number of hydrogen-bond acceptors (Lipinski definition) is 3. The van der Waals surface area contributed by atoms with Crippen LogP contribution in [0.25, 0.3) is 12.2 Å². The minimum absolute atomic E-state index is 0.00833. The molecule has 4 nitrogen and oxygen atoms in total. The smallest absolute Gasteiger partial charge is 0.339 e. The Balaban J connectivity index is 2.14. The van der Waals surface area contributed by atoms with Crippen molar-refractivity contribution in [2.24, 2.45) is 0 Å². The molecule has 0 saturated carbocycles. The summed E-state index contributed by atoms with van der Waals surface area (Å²) in [5.74, 6) is -0.861. The van der Waals surface area contributed by atoms with Gasteiger partial charge in [-0.05, 0) is 29.7 Å². The number of rotatable bonds is 5. The first kappa shape index (κ1) is 16.5. The van der Waals surface area contributed by atoms with Gasteiger partial charge in [0.05, 0.1) is 11.3 Å². The molecule has 23 heavy (non-hydrogen) atoms. The fourth-order valence-corrected chi connectivity index (χ4v) is 1.98. The van der Waals surface area contributed by atoms with Crippen LogP contribution in [0.3, 0.4) is 0 Å². The maximum atomic E-state index is 12.8. The first-order valence-corrected chi connectivity index (χ1v) is 7.18. The van der Waals surface area contributed by atoms with E-state index in [1.165, 1.54) is 18.3 Å². The zero-order valence-electron chi connectivity index (χ0n) is 12.9. The zero-order valence-corrected chi connectivity index (χ0v) is 12.9. The van der Waals surface area contributed by atoms with Gasteiger partial charge in [-0.25, -0.2) is 19.2 Å². The number of halogens is 1. The van der Waals surface area contributed by atoms with Crippen molar-refractivity contribution in [3.05, 3.63) is 71.1 Å². The van der Waals surface area contributed by atoms with Crippen molar-refractivity contribution in [1.82, 2.24) is 9.97 Å². The number of nitrogens with zero attached hydrogens (tertiary/aromatic N) is 2. The summed E-state index contributed by atoms with van der Waals surface area (Å²) in [4.78, 5) is 19.5. The molecule has 1 N–H and O–H groups in total. The molecule has 1 aromatic carbocycles. The lowest BCUT2D eigenvalue weighted by atomic mass is 10.1. The van der Waals surface area contributed by atoms with Crippen LogP contribution in [0.5, 0.6) is 0 Å². The number of carbonyl (C=O) groups is 1. The highest BCUT2D eigenvalue weighted by atomic mass is 19.1. The maximum absolute atomic E-state index is 12.8. The van der Waals surface area contributed by atoms with E-state index in [9.17, 15) is 9.18 Å². The fraction of sp³-hybridized carbons (Fsp3) is 0.167. The molecule has 1 heterocycles. The number of aromatic carboxylic acids is 1. The number of benzene rings is 1. The summed E-state index contributed by atoms with van der Waals surface area (Å²) in [6.45, 7) is 3.77. The third-order valence-corrected chi connectivity index (χ3v) is 3.13. The van der Waals surface area contributed by atoms with Crippen molar-refractivity contribution < 1.29 is 14.3 Å². The van der Waals surface area contributed by atoms with Gasteiger partial charge in [0, 0.05) is 6.20 Å². The molecule has 0 amide bonds. The number of allylic oxidation sites excluding steroid dienone is 2. The molecular weight excluding hydrogens is 295 g/mol. The van der Waals surface area contributed by atoms with E-state index in [0.29, 0.717) is 11.5 Å². The van der Waals surface area contributed by atoms with Crippen molar-refractivity contribution >= 4 is 18.1 Å². The van der Waals surface area contributed by atoms with Gasteiger partial charge in [-0.15, -0.1) is 0 Å². The molecule has 2 rings (SSSR count). The second-order valence-corrected chi connectivity index (χ2v) is 5.26. The summed E-state index contributed by atoms with van der Waals surface area (Å²) in [6.07, 6.45) is 8.39. The van der Waals surface area contributed by atoms with E-state index in [1.807, 2.05) is 19.9 Å². The molecule has 0 bridgehead atoms. The lowest BCUT2D eigenvalue weighted by molar-refractivity contribution is 0.0694. The Morgan fingerprint density at radius 3 is 2.43 bits per heavy atom. The molecule has 1 aromatic heterocycles. The van der Waals surface area contributed by atoms with Crippen LogP contribution in [-0.4, -0.2) is 21.0 Å². The van der Waals surface area contributed by atoms with Gasteiger partial charge in [0.2, 0.25) is 0 Å². The Morgan fingerprint density at radius 1 is 1.17 bits per heavy atom. The van der Waals surface area contributed by atoms with Gasteiger partial charge in [-0.1, -0.05) is 44.2 Å². The molecule has 0 aliphatic heterocycles. The topological polar surface area (TPSA) is 63.1 Å². The van der Waals surface area contributed by atoms with Gasteiger partial charge in [-0.2, -0.15) is 0 Å². The Bertz CT molecular complexity index is 750. The van der Waals surface area contributed by atoms with E-state index >= 15 is 0 Å². The quantitative estimate of drug-likeness (QED) is 0.842. The average molecular weight is 312 g/mol. The van der Waals surface area contributed by atoms with Crippen LogP contribution in [0.1, 0.15) is 47.2 Å². The minimum Gasteiger partial charge on any atom is -0.478 e. The van der Waals surface area contributed by atoms with E-state index in [4.69, 9.17) is 5.11 Å². The molecule has 0 fully saturated rings. The maximum Gasteiger partial charge on any atom is 0.339 e. The van der Waals surface area contributed by atoms with E-state index in [0.717, 1.165) is 5.56 Å². The lowest BCUT2D eigenvalue weighted by Crippen LogP contribution is -2.08. The number of carboxylic acids is 1. The van der Waals surface area contributed by atoms with Gasteiger partial charge in [-0.3, -0.25) is 0 Å². The minimum atomic E-state index is -1.03. The van der Waals surface area contributed by atoms with Crippen LogP contribution < -0.4 is 0 Å². The molecule has 0 spiro atoms. The highest BCUT2D eigenvalue weighted by Gasteiger charge is 2.15. The predicted molar refractivity (Wildman–Crippen MR) is 87.5 cm³/mol. The second-order valence-electron chi connectivity index (χ2n) is 5.26. The molecular formula is C18H17FN2O2. The van der Waals surface area contributed by atoms with Crippen LogP contribution in [-0.2, 0) is 0 Å². The summed E-state index contributed by atoms with van der Waals surface area (Å²) < 4.78 is 12.8. The number of hydrogen-bond donors (Lipinski definition) is 1. The fourth-order valence-electron chi connectivity index (χ4n) is 1.98. The summed E-state index contributed by atoms with van der Waals surface area (Å²) in [5.41, 5.74) is 1.51. The molecule has 0 aliphatic rings. The Kier molecular flexibility index (Phi) is 5.36. The normalized spacial score (nSPS) is 11.7. The van der Waals surface area contributed by atoms with Gasteiger partial charge in [0.1, 0.15) is 5.82 Å². The van der Waals surface area contributed by atoms with E-state index in [2.05, 4.69) is 9.97 Å². The largest absolute Gasteiger partial charge is 0.478 e. The molecule has 0 unspecified atom stereocenters. The molecule has 0 atom stereocenters. The van der Waals surface area contributed by atoms with Crippen molar-refractivity contribution in [2.45, 2.75) is 19.8 Å². The van der Waals surface area contributed by atoms with E-state index in [-0.39, 0.29) is 17.3 Å². The first-order valence-electron chi connectivity index (χ1n) is 7.18. The average Bonchev–Trinajstić information content (AvgIpc) is 2.53. The molecule has 0 radical (unpaired) electrons. The van der Waals surface area contributed by atoms with Crippen molar-refractivity contribution in [3.63, 3.8) is 0 Å². The Hall–Kier alpha value is -2.82. The summed E-state index contributed by atoms with van der Waals surface area (Å²) in [6, 6.07) is 6.14. The van der Waals surface area contributed by atoms with Crippen molar-refractivity contribution in [2.75, 3.05) is 0 Å². The monoisotopic (exact) mass is 312 g/mol. The van der Waals surface area contributed by atoms with Crippen molar-refractivity contribution in [3.8, 4) is 0 Å². The lowest BCUT2D eigenvalue weighted by Gasteiger charge is -2.08. The van der Waals surface area contributed by atoms with Gasteiger partial charge >= 0.3 is 5.97 Å². The van der Waals surface area contributed by atoms with Gasteiger partial charge in [0.15, 0.2) is 5.82 Å². The molecule has 118 valence electrons. The molecule has 0 aliphatic carbocycles. The standard InChI is InChI=1S/C18H17FN2O2/c1-12(2)17-15(18(22)23)11-20-16(21-17)6-4-3-5-13-7-9-14(19)10-8-13/h3-12H,1-2H3,(H,22,23). The molecule has 5 heteroatoms. The number of carboxylic acid groups (broad SMARTS) is 1. The number of aromatic nitrogens is 2. The first-order chi connectivity index (χ1) is 11.0. The molecule has 2 aromatic rings. The van der Waals surface area contributed by atoms with Crippen LogP contribution in [0.15, 0.2) is 42.6 Å². The third kappa shape index (κ3) is 4.57.